The molecule has 1 N–H and O–H groups in total. The minimum atomic E-state index is -0.324. The zero-order valence-electron chi connectivity index (χ0n) is 13.5. The van der Waals surface area contributed by atoms with Gasteiger partial charge < -0.3 is 14.2 Å². The Kier molecular flexibility index (Phi) is 6.20. The van der Waals surface area contributed by atoms with E-state index in [1.807, 2.05) is 0 Å². The Bertz CT molecular complexity index is 762. The molecule has 2 aromatic rings. The molecule has 0 radical (unpaired) electrons. The van der Waals surface area contributed by atoms with Crippen LogP contribution in [0.4, 0.5) is 0 Å². The average Bonchev–Trinajstić information content (AvgIpc) is 2.61. The summed E-state index contributed by atoms with van der Waals surface area (Å²) in [5.41, 5.74) is 3.71. The van der Waals surface area contributed by atoms with Gasteiger partial charge in [0.2, 0.25) is 0 Å². The van der Waals surface area contributed by atoms with E-state index < -0.39 is 0 Å². The van der Waals surface area contributed by atoms with E-state index in [-0.39, 0.29) is 5.91 Å². The average molecular weight is 393 g/mol. The summed E-state index contributed by atoms with van der Waals surface area (Å²) in [7, 11) is 4.69. The van der Waals surface area contributed by atoms with E-state index in [9.17, 15) is 4.79 Å². The summed E-state index contributed by atoms with van der Waals surface area (Å²) in [6.45, 7) is 0. The van der Waals surface area contributed by atoms with Gasteiger partial charge in [-0.25, -0.2) is 5.43 Å². The van der Waals surface area contributed by atoms with Crippen molar-refractivity contribution in [3.63, 3.8) is 0 Å². The highest BCUT2D eigenvalue weighted by Gasteiger charge is 2.08. The van der Waals surface area contributed by atoms with Gasteiger partial charge in [-0.1, -0.05) is 0 Å². The number of amides is 1. The fourth-order valence-electron chi connectivity index (χ4n) is 1.97. The maximum absolute atomic E-state index is 12.1. The minimum Gasteiger partial charge on any atom is -0.496 e. The van der Waals surface area contributed by atoms with Gasteiger partial charge in [-0.05, 0) is 57.9 Å². The lowest BCUT2D eigenvalue weighted by Gasteiger charge is -2.07. The molecule has 2 rings (SSSR count). The van der Waals surface area contributed by atoms with Gasteiger partial charge in [-0.2, -0.15) is 5.10 Å². The van der Waals surface area contributed by atoms with Crippen molar-refractivity contribution in [2.45, 2.75) is 0 Å². The quantitative estimate of drug-likeness (QED) is 0.605. The molecule has 0 aromatic heterocycles. The SMILES string of the molecule is COc1ccc(C(=O)NN=Cc2ccc(OC)c(OC)c2)cc1Br. The predicted octanol–water partition coefficient (Wildman–Crippen LogP) is 3.24. The van der Waals surface area contributed by atoms with Crippen LogP contribution in [0.1, 0.15) is 15.9 Å². The Morgan fingerprint density at radius 1 is 1.00 bits per heavy atom. The fraction of sp³-hybridized carbons (Fsp3) is 0.176. The first-order chi connectivity index (χ1) is 11.6. The van der Waals surface area contributed by atoms with Crippen LogP contribution >= 0.6 is 15.9 Å². The van der Waals surface area contributed by atoms with Crippen LogP contribution in [0.15, 0.2) is 46.0 Å². The Labute approximate surface area is 148 Å². The highest BCUT2D eigenvalue weighted by atomic mass is 79.9. The molecule has 2 aromatic carbocycles. The lowest BCUT2D eigenvalue weighted by atomic mass is 10.2. The second-order valence-electron chi connectivity index (χ2n) is 4.66. The van der Waals surface area contributed by atoms with Crippen LogP contribution in [-0.4, -0.2) is 33.5 Å². The Hall–Kier alpha value is -2.54. The number of halogens is 1. The molecule has 0 spiro atoms. The number of hydrogen-bond acceptors (Lipinski definition) is 5. The number of carbonyl (C=O) groups excluding carboxylic acids is 1. The largest absolute Gasteiger partial charge is 0.496 e. The number of nitrogens with zero attached hydrogens (tertiary/aromatic N) is 1. The molecule has 7 heteroatoms. The summed E-state index contributed by atoms with van der Waals surface area (Å²) in [5, 5.41) is 3.95. The Morgan fingerprint density at radius 2 is 1.67 bits per heavy atom. The maximum atomic E-state index is 12.1. The van der Waals surface area contributed by atoms with Crippen LogP contribution in [0.5, 0.6) is 17.2 Å². The first-order valence-corrected chi connectivity index (χ1v) is 7.77. The van der Waals surface area contributed by atoms with Crippen LogP contribution in [0, 0.1) is 0 Å². The molecule has 0 aliphatic rings. The van der Waals surface area contributed by atoms with Crippen molar-refractivity contribution in [3.8, 4) is 17.2 Å². The lowest BCUT2D eigenvalue weighted by Crippen LogP contribution is -2.17. The number of rotatable bonds is 6. The van der Waals surface area contributed by atoms with Crippen molar-refractivity contribution in [1.29, 1.82) is 0 Å². The van der Waals surface area contributed by atoms with Crippen molar-refractivity contribution >= 4 is 28.1 Å². The Morgan fingerprint density at radius 3 is 2.29 bits per heavy atom. The van der Waals surface area contributed by atoms with Crippen molar-refractivity contribution < 1.29 is 19.0 Å². The third-order valence-corrected chi connectivity index (χ3v) is 3.82. The second-order valence-corrected chi connectivity index (χ2v) is 5.52. The van der Waals surface area contributed by atoms with Gasteiger partial charge >= 0.3 is 0 Å². The summed E-state index contributed by atoms with van der Waals surface area (Å²) in [6, 6.07) is 10.4. The molecule has 0 fully saturated rings. The molecular formula is C17H17BrN2O4. The van der Waals surface area contributed by atoms with Crippen molar-refractivity contribution in [3.05, 3.63) is 52.0 Å². The highest BCUT2D eigenvalue weighted by Crippen LogP contribution is 2.27. The number of carbonyl (C=O) groups is 1. The summed E-state index contributed by atoms with van der Waals surface area (Å²) in [4.78, 5) is 12.1. The maximum Gasteiger partial charge on any atom is 0.271 e. The topological polar surface area (TPSA) is 69.2 Å². The zero-order valence-corrected chi connectivity index (χ0v) is 15.1. The van der Waals surface area contributed by atoms with Crippen LogP contribution in [-0.2, 0) is 0 Å². The third-order valence-electron chi connectivity index (χ3n) is 3.20. The number of nitrogens with one attached hydrogen (secondary N) is 1. The first kappa shape index (κ1) is 17.8. The molecule has 0 unspecified atom stereocenters. The van der Waals surface area contributed by atoms with E-state index in [2.05, 4.69) is 26.5 Å². The van der Waals surface area contributed by atoms with Crippen LogP contribution < -0.4 is 19.6 Å². The smallest absolute Gasteiger partial charge is 0.271 e. The van der Waals surface area contributed by atoms with E-state index in [0.29, 0.717) is 27.3 Å². The van der Waals surface area contributed by atoms with Crippen LogP contribution in [0.3, 0.4) is 0 Å². The molecule has 0 atom stereocenters. The van der Waals surface area contributed by atoms with Gasteiger partial charge in [0.15, 0.2) is 11.5 Å². The predicted molar refractivity (Wildman–Crippen MR) is 95.3 cm³/mol. The molecule has 0 saturated carbocycles. The second kappa shape index (κ2) is 8.35. The van der Waals surface area contributed by atoms with E-state index >= 15 is 0 Å². The molecule has 126 valence electrons. The third kappa shape index (κ3) is 4.26. The van der Waals surface area contributed by atoms with Crippen molar-refractivity contribution in [2.75, 3.05) is 21.3 Å². The van der Waals surface area contributed by atoms with Crippen LogP contribution in [0.25, 0.3) is 0 Å². The molecule has 0 aliphatic heterocycles. The van der Waals surface area contributed by atoms with Gasteiger partial charge in [0.1, 0.15) is 5.75 Å². The number of ether oxygens (including phenoxy) is 3. The normalized spacial score (nSPS) is 10.5. The minimum absolute atomic E-state index is 0.324. The molecule has 0 saturated heterocycles. The summed E-state index contributed by atoms with van der Waals surface area (Å²) in [5.74, 6) is 1.55. The van der Waals surface area contributed by atoms with E-state index in [1.54, 1.807) is 57.7 Å². The molecule has 0 aliphatic carbocycles. The summed E-state index contributed by atoms with van der Waals surface area (Å²) < 4.78 is 16.2. The van der Waals surface area contributed by atoms with Crippen molar-refractivity contribution in [1.82, 2.24) is 5.43 Å². The monoisotopic (exact) mass is 392 g/mol. The van der Waals surface area contributed by atoms with Crippen LogP contribution in [0.2, 0.25) is 0 Å². The van der Waals surface area contributed by atoms with Gasteiger partial charge in [0.05, 0.1) is 32.0 Å². The van der Waals surface area contributed by atoms with E-state index in [1.165, 1.54) is 6.21 Å². The van der Waals surface area contributed by atoms with Crippen molar-refractivity contribution in [2.24, 2.45) is 5.10 Å². The fourth-order valence-corrected chi connectivity index (χ4v) is 2.51. The van der Waals surface area contributed by atoms with E-state index in [0.717, 1.165) is 5.56 Å². The van der Waals surface area contributed by atoms with Gasteiger partial charge in [0.25, 0.3) is 5.91 Å². The number of hydrazone groups is 1. The molecule has 0 bridgehead atoms. The van der Waals surface area contributed by atoms with Gasteiger partial charge in [-0.15, -0.1) is 0 Å². The molecule has 24 heavy (non-hydrogen) atoms. The Balaban J connectivity index is 2.05. The lowest BCUT2D eigenvalue weighted by molar-refractivity contribution is 0.0955. The first-order valence-electron chi connectivity index (χ1n) is 6.98. The molecule has 0 heterocycles. The van der Waals surface area contributed by atoms with Gasteiger partial charge in [-0.3, -0.25) is 4.79 Å². The highest BCUT2D eigenvalue weighted by molar-refractivity contribution is 9.10. The molecular weight excluding hydrogens is 376 g/mol. The standard InChI is InChI=1S/C17H17BrN2O4/c1-22-14-7-5-12(9-13(14)18)17(21)20-19-10-11-4-6-15(23-2)16(8-11)24-3/h4-10H,1-3H3,(H,20,21). The number of methoxy groups -OCH3 is 3. The number of hydrogen-bond donors (Lipinski definition) is 1. The molecule has 1 amide bonds. The molecule has 6 nitrogen and oxygen atoms in total. The van der Waals surface area contributed by atoms with E-state index in [4.69, 9.17) is 14.2 Å². The summed E-state index contributed by atoms with van der Waals surface area (Å²) in [6.07, 6.45) is 1.53. The number of benzene rings is 2. The summed E-state index contributed by atoms with van der Waals surface area (Å²) >= 11 is 3.34. The van der Waals surface area contributed by atoms with Gasteiger partial charge in [0, 0.05) is 5.56 Å². The zero-order chi connectivity index (χ0) is 17.5.